The Kier molecular flexibility index (Phi) is 9.06. The van der Waals surface area contributed by atoms with Crippen LogP contribution in [-0.4, -0.2) is 50.8 Å². The van der Waals surface area contributed by atoms with Crippen LogP contribution in [0.25, 0.3) is 0 Å². The molecule has 3 heteroatoms. The Balaban J connectivity index is 3.87. The number of hydrogen-bond donors (Lipinski definition) is 1. The van der Waals surface area contributed by atoms with Gasteiger partial charge < -0.3 is 10.1 Å². The van der Waals surface area contributed by atoms with Gasteiger partial charge in [0.1, 0.15) is 0 Å². The minimum absolute atomic E-state index is 0.602. The number of nitrogens with zero attached hydrogens (tertiary/aromatic N) is 1. The van der Waals surface area contributed by atoms with Crippen molar-refractivity contribution >= 4 is 0 Å². The average Bonchev–Trinajstić information content (AvgIpc) is 2.18. The van der Waals surface area contributed by atoms with Gasteiger partial charge in [0, 0.05) is 25.7 Å². The zero-order valence-electron chi connectivity index (χ0n) is 11.0. The van der Waals surface area contributed by atoms with Crippen molar-refractivity contribution in [2.24, 2.45) is 0 Å². The quantitative estimate of drug-likeness (QED) is 0.594. The molecule has 0 aromatic rings. The second-order valence-electron chi connectivity index (χ2n) is 4.42. The predicted octanol–water partition coefficient (Wildman–Crippen LogP) is 1.73. The highest BCUT2D eigenvalue weighted by atomic mass is 16.5. The molecule has 1 atom stereocenters. The molecular formula is C12H28N2O. The zero-order chi connectivity index (χ0) is 11.7. The minimum Gasteiger partial charge on any atom is -0.383 e. The topological polar surface area (TPSA) is 24.5 Å². The van der Waals surface area contributed by atoms with Gasteiger partial charge in [0.15, 0.2) is 0 Å². The molecule has 0 aliphatic carbocycles. The number of ether oxygens (including phenoxy) is 1. The highest BCUT2D eigenvalue weighted by Crippen LogP contribution is 2.10. The first-order valence-corrected chi connectivity index (χ1v) is 6.02. The fourth-order valence-corrected chi connectivity index (χ4v) is 1.92. The summed E-state index contributed by atoms with van der Waals surface area (Å²) in [5.41, 5.74) is 0. The molecule has 1 unspecified atom stereocenters. The summed E-state index contributed by atoms with van der Waals surface area (Å²) in [5, 5.41) is 3.19. The number of nitrogens with one attached hydrogen (secondary N) is 1. The van der Waals surface area contributed by atoms with Gasteiger partial charge in [-0.05, 0) is 47.2 Å². The summed E-state index contributed by atoms with van der Waals surface area (Å²) >= 11 is 0. The van der Waals surface area contributed by atoms with E-state index in [2.05, 4.69) is 31.0 Å². The van der Waals surface area contributed by atoms with E-state index in [1.54, 1.807) is 7.11 Å². The van der Waals surface area contributed by atoms with E-state index in [1.165, 1.54) is 12.8 Å². The van der Waals surface area contributed by atoms with E-state index >= 15 is 0 Å². The predicted molar refractivity (Wildman–Crippen MR) is 66.3 cm³/mol. The Hall–Kier alpha value is -0.120. The Labute approximate surface area is 95.2 Å². The first-order chi connectivity index (χ1) is 7.13. The van der Waals surface area contributed by atoms with Gasteiger partial charge in [0.05, 0.1) is 6.61 Å². The van der Waals surface area contributed by atoms with Crippen LogP contribution in [0.15, 0.2) is 0 Å². The van der Waals surface area contributed by atoms with E-state index in [0.717, 1.165) is 19.7 Å². The maximum Gasteiger partial charge on any atom is 0.0589 e. The summed E-state index contributed by atoms with van der Waals surface area (Å²) < 4.78 is 5.14. The highest BCUT2D eigenvalue weighted by Gasteiger charge is 2.15. The Morgan fingerprint density at radius 3 is 2.40 bits per heavy atom. The summed E-state index contributed by atoms with van der Waals surface area (Å²) in [4.78, 5) is 2.51. The third-order valence-electron chi connectivity index (χ3n) is 2.83. The SMILES string of the molecule is CNCCCC(C)N(CCOC)C(C)C. The molecule has 0 rings (SSSR count). The smallest absolute Gasteiger partial charge is 0.0589 e. The lowest BCUT2D eigenvalue weighted by atomic mass is 10.1. The first-order valence-electron chi connectivity index (χ1n) is 6.02. The Morgan fingerprint density at radius 2 is 1.93 bits per heavy atom. The van der Waals surface area contributed by atoms with Crippen molar-refractivity contribution in [1.82, 2.24) is 10.2 Å². The van der Waals surface area contributed by atoms with Gasteiger partial charge in [-0.3, -0.25) is 4.90 Å². The molecule has 0 amide bonds. The molecule has 0 aliphatic rings. The van der Waals surface area contributed by atoms with Gasteiger partial charge >= 0.3 is 0 Å². The van der Waals surface area contributed by atoms with E-state index in [-0.39, 0.29) is 0 Å². The van der Waals surface area contributed by atoms with Crippen molar-refractivity contribution in [3.05, 3.63) is 0 Å². The van der Waals surface area contributed by atoms with Crippen molar-refractivity contribution in [2.75, 3.05) is 33.9 Å². The summed E-state index contributed by atoms with van der Waals surface area (Å²) in [6, 6.07) is 1.25. The molecule has 1 N–H and O–H groups in total. The summed E-state index contributed by atoms with van der Waals surface area (Å²) in [6.45, 7) is 9.80. The lowest BCUT2D eigenvalue weighted by Crippen LogP contribution is -2.41. The van der Waals surface area contributed by atoms with Gasteiger partial charge in [-0.1, -0.05) is 0 Å². The molecule has 0 heterocycles. The van der Waals surface area contributed by atoms with Crippen molar-refractivity contribution < 1.29 is 4.74 Å². The van der Waals surface area contributed by atoms with Crippen LogP contribution in [0.1, 0.15) is 33.6 Å². The minimum atomic E-state index is 0.602. The van der Waals surface area contributed by atoms with Gasteiger partial charge in [0.2, 0.25) is 0 Å². The van der Waals surface area contributed by atoms with Gasteiger partial charge in [-0.25, -0.2) is 0 Å². The molecular weight excluding hydrogens is 188 g/mol. The van der Waals surface area contributed by atoms with Crippen LogP contribution in [0, 0.1) is 0 Å². The van der Waals surface area contributed by atoms with Crippen molar-refractivity contribution in [3.63, 3.8) is 0 Å². The molecule has 0 aromatic carbocycles. The molecule has 0 saturated carbocycles. The van der Waals surface area contributed by atoms with E-state index in [4.69, 9.17) is 4.74 Å². The number of methoxy groups -OCH3 is 1. The van der Waals surface area contributed by atoms with Gasteiger partial charge in [-0.15, -0.1) is 0 Å². The zero-order valence-corrected chi connectivity index (χ0v) is 11.0. The molecule has 0 aliphatic heterocycles. The third kappa shape index (κ3) is 6.88. The maximum atomic E-state index is 5.14. The van der Waals surface area contributed by atoms with Crippen molar-refractivity contribution in [2.45, 2.75) is 45.7 Å². The van der Waals surface area contributed by atoms with Crippen LogP contribution >= 0.6 is 0 Å². The first kappa shape index (κ1) is 14.9. The van der Waals surface area contributed by atoms with E-state index in [9.17, 15) is 0 Å². The molecule has 0 radical (unpaired) electrons. The van der Waals surface area contributed by atoms with Gasteiger partial charge in [-0.2, -0.15) is 0 Å². The van der Waals surface area contributed by atoms with E-state index in [1.807, 2.05) is 7.05 Å². The molecule has 0 spiro atoms. The number of rotatable bonds is 9. The third-order valence-corrected chi connectivity index (χ3v) is 2.83. The van der Waals surface area contributed by atoms with E-state index < -0.39 is 0 Å². The molecule has 0 bridgehead atoms. The summed E-state index contributed by atoms with van der Waals surface area (Å²) in [7, 11) is 3.78. The second-order valence-corrected chi connectivity index (χ2v) is 4.42. The summed E-state index contributed by atoms with van der Waals surface area (Å²) in [6.07, 6.45) is 2.50. The largest absolute Gasteiger partial charge is 0.383 e. The fourth-order valence-electron chi connectivity index (χ4n) is 1.92. The van der Waals surface area contributed by atoms with Crippen LogP contribution in [0.5, 0.6) is 0 Å². The standard InChI is InChI=1S/C12H28N2O/c1-11(2)14(9-10-15-5)12(3)7-6-8-13-4/h11-13H,6-10H2,1-5H3. The highest BCUT2D eigenvalue weighted by molar-refractivity contribution is 4.71. The normalized spacial score (nSPS) is 13.8. The molecule has 0 aromatic heterocycles. The van der Waals surface area contributed by atoms with Crippen LogP contribution in [0.3, 0.4) is 0 Å². The van der Waals surface area contributed by atoms with Crippen molar-refractivity contribution in [3.8, 4) is 0 Å². The van der Waals surface area contributed by atoms with Crippen LogP contribution in [0.2, 0.25) is 0 Å². The molecule has 3 nitrogen and oxygen atoms in total. The molecule has 15 heavy (non-hydrogen) atoms. The van der Waals surface area contributed by atoms with Crippen LogP contribution < -0.4 is 5.32 Å². The summed E-state index contributed by atoms with van der Waals surface area (Å²) in [5.74, 6) is 0. The van der Waals surface area contributed by atoms with E-state index in [0.29, 0.717) is 12.1 Å². The van der Waals surface area contributed by atoms with Crippen LogP contribution in [0.4, 0.5) is 0 Å². The van der Waals surface area contributed by atoms with Crippen LogP contribution in [-0.2, 0) is 4.74 Å². The Morgan fingerprint density at radius 1 is 1.27 bits per heavy atom. The lowest BCUT2D eigenvalue weighted by Gasteiger charge is -2.32. The second kappa shape index (κ2) is 9.13. The Bertz CT molecular complexity index is 140. The number of hydrogen-bond acceptors (Lipinski definition) is 3. The molecule has 92 valence electrons. The monoisotopic (exact) mass is 216 g/mol. The van der Waals surface area contributed by atoms with Crippen molar-refractivity contribution in [1.29, 1.82) is 0 Å². The molecule has 0 fully saturated rings. The maximum absolute atomic E-state index is 5.14. The average molecular weight is 216 g/mol. The molecule has 0 saturated heterocycles. The lowest BCUT2D eigenvalue weighted by molar-refractivity contribution is 0.0975. The fraction of sp³-hybridized carbons (Fsp3) is 1.00. The van der Waals surface area contributed by atoms with Gasteiger partial charge in [0.25, 0.3) is 0 Å².